The predicted molar refractivity (Wildman–Crippen MR) is 41.4 cm³/mol. The van der Waals surface area contributed by atoms with Crippen LogP contribution in [-0.2, 0) is 15.3 Å². The molecule has 1 saturated carbocycles. The monoisotopic (exact) mass is 179 g/mol. The summed E-state index contributed by atoms with van der Waals surface area (Å²) in [6, 6.07) is 0.233. The minimum atomic E-state index is -2.74. The molecule has 66 valence electrons. The molecule has 11 heavy (non-hydrogen) atoms. The minimum absolute atomic E-state index is 0.233. The van der Waals surface area contributed by atoms with Gasteiger partial charge >= 0.3 is 0 Å². The molecule has 0 aromatic heterocycles. The van der Waals surface area contributed by atoms with E-state index in [-0.39, 0.29) is 6.04 Å². The number of hydroxylamine groups is 1. The number of rotatable bonds is 3. The van der Waals surface area contributed by atoms with Gasteiger partial charge in [0.05, 0.1) is 0 Å². The fourth-order valence-electron chi connectivity index (χ4n) is 1.34. The molecule has 0 heterocycles. The van der Waals surface area contributed by atoms with Gasteiger partial charge in [-0.15, -0.1) is 0 Å². The fraction of sp³-hybridized carbons (Fsp3) is 1.00. The zero-order valence-electron chi connectivity index (χ0n) is 6.28. The lowest BCUT2D eigenvalue weighted by molar-refractivity contribution is 0.147. The molecule has 1 aliphatic rings. The van der Waals surface area contributed by atoms with Crippen LogP contribution >= 0.6 is 0 Å². The molecule has 0 aliphatic heterocycles. The van der Waals surface area contributed by atoms with Gasteiger partial charge in [-0.1, -0.05) is 19.3 Å². The average molecular weight is 179 g/mol. The summed E-state index contributed by atoms with van der Waals surface area (Å²) in [5, 5.41) is 0. The quantitative estimate of drug-likeness (QED) is 0.485. The number of hydrogen-bond acceptors (Lipinski definition) is 4. The highest BCUT2D eigenvalue weighted by Gasteiger charge is 2.12. The summed E-state index contributed by atoms with van der Waals surface area (Å²) < 4.78 is 24.3. The van der Waals surface area contributed by atoms with E-state index in [0.29, 0.717) is 0 Å². The molecule has 0 atom stereocenters. The summed E-state index contributed by atoms with van der Waals surface area (Å²) in [5.74, 6) is 0. The van der Waals surface area contributed by atoms with Gasteiger partial charge in [0.25, 0.3) is 11.0 Å². The van der Waals surface area contributed by atoms with Gasteiger partial charge in [-0.05, 0) is 12.8 Å². The first-order valence-corrected chi connectivity index (χ1v) is 4.95. The second-order valence-corrected chi connectivity index (χ2v) is 3.40. The molecule has 0 aromatic carbocycles. The first-order chi connectivity index (χ1) is 5.29. The van der Waals surface area contributed by atoms with Crippen LogP contribution in [0.2, 0.25) is 0 Å². The van der Waals surface area contributed by atoms with Crippen molar-refractivity contribution < 1.29 is 12.7 Å². The third-order valence-electron chi connectivity index (χ3n) is 1.90. The molecule has 0 amide bonds. The van der Waals surface area contributed by atoms with Crippen LogP contribution in [0.4, 0.5) is 0 Å². The molecule has 5 heteroatoms. The molecular weight excluding hydrogens is 166 g/mol. The van der Waals surface area contributed by atoms with E-state index in [1.807, 2.05) is 0 Å². The van der Waals surface area contributed by atoms with Gasteiger partial charge in [-0.3, -0.25) is 0 Å². The Balaban J connectivity index is 2.14. The zero-order valence-corrected chi connectivity index (χ0v) is 7.18. The van der Waals surface area contributed by atoms with Crippen LogP contribution in [0.5, 0.6) is 0 Å². The van der Waals surface area contributed by atoms with E-state index in [4.69, 9.17) is 0 Å². The fourth-order valence-corrected chi connectivity index (χ4v) is 1.57. The maximum Gasteiger partial charge on any atom is 0.273 e. The first-order valence-electron chi connectivity index (χ1n) is 3.86. The van der Waals surface area contributed by atoms with Gasteiger partial charge in [0.15, 0.2) is 0 Å². The first kappa shape index (κ1) is 8.96. The van der Waals surface area contributed by atoms with Gasteiger partial charge in [-0.25, -0.2) is 8.42 Å². The van der Waals surface area contributed by atoms with E-state index < -0.39 is 11.0 Å². The largest absolute Gasteiger partial charge is 0.273 e. The highest BCUT2D eigenvalue weighted by atomic mass is 32.2. The summed E-state index contributed by atoms with van der Waals surface area (Å²) in [7, 11) is -2.74. The Hall–Kier alpha value is -0.130. The summed E-state index contributed by atoms with van der Waals surface area (Å²) >= 11 is 0. The minimum Gasteiger partial charge on any atom is -0.201 e. The van der Waals surface area contributed by atoms with Gasteiger partial charge in [0, 0.05) is 6.04 Å². The molecule has 1 rings (SSSR count). The van der Waals surface area contributed by atoms with Crippen LogP contribution in [0.25, 0.3) is 0 Å². The summed E-state index contributed by atoms with van der Waals surface area (Å²) in [6.07, 6.45) is 5.61. The second kappa shape index (κ2) is 4.69. The van der Waals surface area contributed by atoms with Crippen LogP contribution in [0, 0.1) is 0 Å². The normalized spacial score (nSPS) is 20.8. The van der Waals surface area contributed by atoms with Crippen molar-refractivity contribution in [3.63, 3.8) is 0 Å². The van der Waals surface area contributed by atoms with Crippen LogP contribution in [0.15, 0.2) is 0 Å². The van der Waals surface area contributed by atoms with Crippen LogP contribution in [0.1, 0.15) is 32.1 Å². The van der Waals surface area contributed by atoms with Gasteiger partial charge in [0.2, 0.25) is 0 Å². The molecule has 0 spiro atoms. The molecule has 0 unspecified atom stereocenters. The maximum absolute atomic E-state index is 9.99. The lowest BCUT2D eigenvalue weighted by Crippen LogP contribution is -2.30. The standard InChI is InChI=1S/C6H13NO3S/c8-11(9)10-7-6-4-2-1-3-5-6/h6-7,11H,1-5H2. The predicted octanol–water partition coefficient (Wildman–Crippen LogP) is 0.367. The van der Waals surface area contributed by atoms with Crippen molar-refractivity contribution in [3.05, 3.63) is 0 Å². The Bertz CT molecular complexity index is 167. The van der Waals surface area contributed by atoms with Crippen LogP contribution in [-0.4, -0.2) is 14.5 Å². The SMILES string of the molecule is O=[SH](=O)ONC1CCCCC1. The Kier molecular flexibility index (Phi) is 3.82. The summed E-state index contributed by atoms with van der Waals surface area (Å²) in [4.78, 5) is 0. The second-order valence-electron chi connectivity index (χ2n) is 2.77. The molecular formula is C6H13NO3S. The van der Waals surface area contributed by atoms with Crippen molar-refractivity contribution in [3.8, 4) is 0 Å². The molecule has 1 fully saturated rings. The highest BCUT2D eigenvalue weighted by Crippen LogP contribution is 2.16. The van der Waals surface area contributed by atoms with Crippen molar-refractivity contribution in [2.45, 2.75) is 38.1 Å². The van der Waals surface area contributed by atoms with E-state index in [9.17, 15) is 8.42 Å². The number of hydrogen-bond donors (Lipinski definition) is 2. The molecule has 0 aromatic rings. The third-order valence-corrected chi connectivity index (χ3v) is 2.15. The van der Waals surface area contributed by atoms with E-state index in [2.05, 4.69) is 9.76 Å². The third kappa shape index (κ3) is 3.69. The Morgan fingerprint density at radius 1 is 1.18 bits per heavy atom. The van der Waals surface area contributed by atoms with Crippen molar-refractivity contribution in [2.24, 2.45) is 0 Å². The summed E-state index contributed by atoms with van der Waals surface area (Å²) in [5.41, 5.74) is 2.52. The van der Waals surface area contributed by atoms with E-state index >= 15 is 0 Å². The number of thiol groups is 1. The lowest BCUT2D eigenvalue weighted by atomic mass is 9.96. The van der Waals surface area contributed by atoms with Gasteiger partial charge in [-0.2, -0.15) is 9.76 Å². The number of nitrogens with one attached hydrogen (secondary N) is 1. The Morgan fingerprint density at radius 2 is 1.82 bits per heavy atom. The maximum atomic E-state index is 9.99. The smallest absolute Gasteiger partial charge is 0.201 e. The highest BCUT2D eigenvalue weighted by molar-refractivity contribution is 7.67. The topological polar surface area (TPSA) is 55.4 Å². The van der Waals surface area contributed by atoms with Crippen LogP contribution in [0.3, 0.4) is 0 Å². The lowest BCUT2D eigenvalue weighted by Gasteiger charge is -2.20. The molecule has 4 nitrogen and oxygen atoms in total. The van der Waals surface area contributed by atoms with Crippen molar-refractivity contribution in [2.75, 3.05) is 0 Å². The average Bonchev–Trinajstić information content (AvgIpc) is 2.03. The van der Waals surface area contributed by atoms with E-state index in [1.54, 1.807) is 0 Å². The van der Waals surface area contributed by atoms with Crippen molar-refractivity contribution in [1.82, 2.24) is 5.48 Å². The molecule has 1 N–H and O–H groups in total. The van der Waals surface area contributed by atoms with Crippen LogP contribution < -0.4 is 5.48 Å². The van der Waals surface area contributed by atoms with Gasteiger partial charge < -0.3 is 0 Å². The van der Waals surface area contributed by atoms with E-state index in [1.165, 1.54) is 6.42 Å². The molecule has 0 saturated heterocycles. The molecule has 0 radical (unpaired) electrons. The molecule has 1 aliphatic carbocycles. The zero-order chi connectivity index (χ0) is 8.10. The van der Waals surface area contributed by atoms with Gasteiger partial charge in [0.1, 0.15) is 0 Å². The van der Waals surface area contributed by atoms with Crippen molar-refractivity contribution >= 4 is 11.0 Å². The Labute approximate surface area is 68.0 Å². The van der Waals surface area contributed by atoms with E-state index in [0.717, 1.165) is 25.7 Å². The Morgan fingerprint density at radius 3 is 2.36 bits per heavy atom. The summed E-state index contributed by atoms with van der Waals surface area (Å²) in [6.45, 7) is 0. The van der Waals surface area contributed by atoms with Crippen molar-refractivity contribution in [1.29, 1.82) is 0 Å². The molecule has 0 bridgehead atoms.